The molecule has 1 aromatic carbocycles. The number of benzene rings is 1. The Balaban J connectivity index is 1.91. The van der Waals surface area contributed by atoms with Crippen molar-refractivity contribution >= 4 is 11.0 Å². The van der Waals surface area contributed by atoms with Crippen LogP contribution in [0.2, 0.25) is 0 Å². The molecule has 0 saturated heterocycles. The number of furan rings is 1. The van der Waals surface area contributed by atoms with Gasteiger partial charge >= 0.3 is 0 Å². The summed E-state index contributed by atoms with van der Waals surface area (Å²) in [6.07, 6.45) is 1.13. The molecule has 3 nitrogen and oxygen atoms in total. The zero-order valence-electron chi connectivity index (χ0n) is 10.5. The van der Waals surface area contributed by atoms with Crippen molar-refractivity contribution in [2.75, 3.05) is 20.1 Å². The van der Waals surface area contributed by atoms with Crippen molar-refractivity contribution in [2.45, 2.75) is 19.9 Å². The fourth-order valence-corrected chi connectivity index (χ4v) is 1.91. The Hall–Kier alpha value is -1.32. The standard InChI is InChI=1S/C14H20N2O/c1-11-4-5-14-12(8-11)9-13(17-14)10-16-7-3-6-15-2/h4-5,8-9,15-16H,3,6-7,10H2,1-2H3. The van der Waals surface area contributed by atoms with E-state index in [1.807, 2.05) is 13.1 Å². The highest BCUT2D eigenvalue weighted by Crippen LogP contribution is 2.20. The number of nitrogens with one attached hydrogen (secondary N) is 2. The van der Waals surface area contributed by atoms with E-state index in [4.69, 9.17) is 4.42 Å². The Morgan fingerprint density at radius 3 is 2.88 bits per heavy atom. The molecule has 2 N–H and O–H groups in total. The van der Waals surface area contributed by atoms with E-state index in [0.29, 0.717) is 0 Å². The molecule has 0 radical (unpaired) electrons. The van der Waals surface area contributed by atoms with E-state index in [1.165, 1.54) is 10.9 Å². The summed E-state index contributed by atoms with van der Waals surface area (Å²) < 4.78 is 5.75. The van der Waals surface area contributed by atoms with E-state index in [1.54, 1.807) is 0 Å². The predicted octanol–water partition coefficient (Wildman–Crippen LogP) is 2.44. The summed E-state index contributed by atoms with van der Waals surface area (Å²) in [5, 5.41) is 7.70. The second-order valence-corrected chi connectivity index (χ2v) is 4.39. The van der Waals surface area contributed by atoms with Gasteiger partial charge in [0.05, 0.1) is 6.54 Å². The number of aryl methyl sites for hydroxylation is 1. The Morgan fingerprint density at radius 1 is 1.18 bits per heavy atom. The second-order valence-electron chi connectivity index (χ2n) is 4.39. The van der Waals surface area contributed by atoms with E-state index in [2.05, 4.69) is 35.8 Å². The van der Waals surface area contributed by atoms with Crippen LogP contribution in [-0.4, -0.2) is 20.1 Å². The summed E-state index contributed by atoms with van der Waals surface area (Å²) in [4.78, 5) is 0. The van der Waals surface area contributed by atoms with Gasteiger partial charge in [-0.05, 0) is 51.7 Å². The van der Waals surface area contributed by atoms with Crippen LogP contribution in [0.4, 0.5) is 0 Å². The lowest BCUT2D eigenvalue weighted by molar-refractivity contribution is 0.508. The van der Waals surface area contributed by atoms with Crippen LogP contribution in [0.5, 0.6) is 0 Å². The smallest absolute Gasteiger partial charge is 0.134 e. The minimum Gasteiger partial charge on any atom is -0.460 e. The van der Waals surface area contributed by atoms with E-state index >= 15 is 0 Å². The first-order valence-corrected chi connectivity index (χ1v) is 6.14. The van der Waals surface area contributed by atoms with E-state index in [0.717, 1.165) is 37.4 Å². The van der Waals surface area contributed by atoms with Gasteiger partial charge in [-0.2, -0.15) is 0 Å². The maximum Gasteiger partial charge on any atom is 0.134 e. The third kappa shape index (κ3) is 3.32. The van der Waals surface area contributed by atoms with Gasteiger partial charge in [0.25, 0.3) is 0 Å². The Kier molecular flexibility index (Phi) is 4.18. The van der Waals surface area contributed by atoms with Gasteiger partial charge in [0, 0.05) is 5.39 Å². The quantitative estimate of drug-likeness (QED) is 0.751. The van der Waals surface area contributed by atoms with Gasteiger partial charge in [0.15, 0.2) is 0 Å². The lowest BCUT2D eigenvalue weighted by atomic mass is 10.2. The molecule has 1 aromatic heterocycles. The third-order valence-electron chi connectivity index (χ3n) is 2.80. The number of fused-ring (bicyclic) bond motifs is 1. The van der Waals surface area contributed by atoms with Gasteiger partial charge < -0.3 is 15.1 Å². The molecule has 0 bridgehead atoms. The molecule has 0 fully saturated rings. The Morgan fingerprint density at radius 2 is 2.06 bits per heavy atom. The monoisotopic (exact) mass is 232 g/mol. The van der Waals surface area contributed by atoms with Crippen LogP contribution < -0.4 is 10.6 Å². The van der Waals surface area contributed by atoms with Gasteiger partial charge in [0.2, 0.25) is 0 Å². The largest absolute Gasteiger partial charge is 0.460 e. The molecule has 0 aliphatic rings. The van der Waals surface area contributed by atoms with E-state index in [9.17, 15) is 0 Å². The van der Waals surface area contributed by atoms with E-state index < -0.39 is 0 Å². The summed E-state index contributed by atoms with van der Waals surface area (Å²) in [6.45, 7) is 4.96. The first-order valence-electron chi connectivity index (χ1n) is 6.14. The van der Waals surface area contributed by atoms with Gasteiger partial charge in [-0.1, -0.05) is 11.6 Å². The van der Waals surface area contributed by atoms with Crippen molar-refractivity contribution in [3.63, 3.8) is 0 Å². The van der Waals surface area contributed by atoms with Crippen molar-refractivity contribution in [3.8, 4) is 0 Å². The number of hydrogen-bond acceptors (Lipinski definition) is 3. The van der Waals surface area contributed by atoms with Crippen LogP contribution in [0.15, 0.2) is 28.7 Å². The van der Waals surface area contributed by atoms with Gasteiger partial charge in [-0.15, -0.1) is 0 Å². The highest BCUT2D eigenvalue weighted by atomic mass is 16.3. The van der Waals surface area contributed by atoms with Crippen LogP contribution in [0.1, 0.15) is 17.7 Å². The molecule has 2 aromatic rings. The summed E-state index contributed by atoms with van der Waals surface area (Å²) in [5.74, 6) is 1.01. The summed E-state index contributed by atoms with van der Waals surface area (Å²) in [5.41, 5.74) is 2.24. The zero-order chi connectivity index (χ0) is 12.1. The fraction of sp³-hybridized carbons (Fsp3) is 0.429. The van der Waals surface area contributed by atoms with E-state index in [-0.39, 0.29) is 0 Å². The number of hydrogen-bond donors (Lipinski definition) is 2. The average Bonchev–Trinajstić information content (AvgIpc) is 2.70. The molecule has 2 rings (SSSR count). The summed E-state index contributed by atoms with van der Waals surface area (Å²) in [6, 6.07) is 8.39. The summed E-state index contributed by atoms with van der Waals surface area (Å²) >= 11 is 0. The van der Waals surface area contributed by atoms with Crippen LogP contribution in [0, 0.1) is 6.92 Å². The molecule has 0 atom stereocenters. The van der Waals surface area contributed by atoms with Crippen LogP contribution in [-0.2, 0) is 6.54 Å². The van der Waals surface area contributed by atoms with Crippen molar-refractivity contribution in [1.82, 2.24) is 10.6 Å². The Labute approximate surface area is 102 Å². The van der Waals surface area contributed by atoms with Gasteiger partial charge in [-0.3, -0.25) is 0 Å². The average molecular weight is 232 g/mol. The highest BCUT2D eigenvalue weighted by Gasteiger charge is 2.02. The molecule has 92 valence electrons. The maximum atomic E-state index is 5.75. The van der Waals surface area contributed by atoms with Gasteiger partial charge in [0.1, 0.15) is 11.3 Å². The first-order chi connectivity index (χ1) is 8.29. The van der Waals surface area contributed by atoms with Crippen LogP contribution >= 0.6 is 0 Å². The van der Waals surface area contributed by atoms with Crippen LogP contribution in [0.3, 0.4) is 0 Å². The minimum absolute atomic E-state index is 0.803. The molecule has 0 aliphatic heterocycles. The molecule has 0 spiro atoms. The maximum absolute atomic E-state index is 5.75. The SMILES string of the molecule is CNCCCNCc1cc2cc(C)ccc2o1. The lowest BCUT2D eigenvalue weighted by Crippen LogP contribution is -2.19. The molecule has 1 heterocycles. The molecule has 0 aliphatic carbocycles. The first kappa shape index (κ1) is 12.1. The predicted molar refractivity (Wildman–Crippen MR) is 71.2 cm³/mol. The normalized spacial score (nSPS) is 11.2. The Bertz CT molecular complexity index is 476. The molecular formula is C14H20N2O. The second kappa shape index (κ2) is 5.84. The molecule has 3 heteroatoms. The van der Waals surface area contributed by atoms with Crippen molar-refractivity contribution < 1.29 is 4.42 Å². The summed E-state index contributed by atoms with van der Waals surface area (Å²) in [7, 11) is 1.97. The van der Waals surface area contributed by atoms with Crippen molar-refractivity contribution in [3.05, 3.63) is 35.6 Å². The lowest BCUT2D eigenvalue weighted by Gasteiger charge is -2.01. The molecule has 17 heavy (non-hydrogen) atoms. The fourth-order valence-electron chi connectivity index (χ4n) is 1.91. The molecule has 0 unspecified atom stereocenters. The third-order valence-corrected chi connectivity index (χ3v) is 2.80. The van der Waals surface area contributed by atoms with Crippen LogP contribution in [0.25, 0.3) is 11.0 Å². The van der Waals surface area contributed by atoms with Crippen molar-refractivity contribution in [2.24, 2.45) is 0 Å². The highest BCUT2D eigenvalue weighted by molar-refractivity contribution is 5.78. The zero-order valence-corrected chi connectivity index (χ0v) is 10.5. The van der Waals surface area contributed by atoms with Gasteiger partial charge in [-0.25, -0.2) is 0 Å². The molecular weight excluding hydrogens is 212 g/mol. The van der Waals surface area contributed by atoms with Crippen molar-refractivity contribution in [1.29, 1.82) is 0 Å². The molecule has 0 saturated carbocycles. The topological polar surface area (TPSA) is 37.2 Å². The minimum atomic E-state index is 0.803. The molecule has 0 amide bonds. The number of rotatable bonds is 6.